The number of benzene rings is 1. The molecule has 2 saturated heterocycles. The van der Waals surface area contributed by atoms with Gasteiger partial charge in [0.1, 0.15) is 0 Å². The quantitative estimate of drug-likeness (QED) is 0.866. The maximum atomic E-state index is 5.66. The number of para-hydroxylation sites is 1. The van der Waals surface area contributed by atoms with Crippen molar-refractivity contribution >= 4 is 0 Å². The Kier molecular flexibility index (Phi) is 5.68. The zero-order valence-corrected chi connectivity index (χ0v) is 15.6. The molecule has 4 rings (SSSR count). The van der Waals surface area contributed by atoms with Gasteiger partial charge in [-0.05, 0) is 50.9 Å². The summed E-state index contributed by atoms with van der Waals surface area (Å²) in [6.07, 6.45) is 10.4. The SMILES string of the molecule is c1ccc(-n2cc(CNCC3(N4CCCCC4)CCOCC3)cn2)cc1. The first-order valence-electron chi connectivity index (χ1n) is 9.98. The molecule has 0 spiro atoms. The molecule has 2 fully saturated rings. The minimum absolute atomic E-state index is 0.272. The van der Waals surface area contributed by atoms with E-state index >= 15 is 0 Å². The standard InChI is InChI=1S/C21H30N4O/c1-3-7-20(8-4-1)25-17-19(16-23-25)15-22-18-21(9-13-26-14-10-21)24-11-5-2-6-12-24/h1,3-4,7-8,16-17,22H,2,5-6,9-15,18H2. The number of rotatable bonds is 6. The van der Waals surface area contributed by atoms with Crippen LogP contribution in [0.5, 0.6) is 0 Å². The van der Waals surface area contributed by atoms with Crippen molar-refractivity contribution in [1.29, 1.82) is 0 Å². The van der Waals surface area contributed by atoms with Crippen molar-refractivity contribution in [3.63, 3.8) is 0 Å². The molecule has 2 aliphatic heterocycles. The Balaban J connectivity index is 1.37. The van der Waals surface area contributed by atoms with E-state index in [1.54, 1.807) is 0 Å². The molecule has 1 aromatic heterocycles. The van der Waals surface area contributed by atoms with Crippen LogP contribution in [-0.2, 0) is 11.3 Å². The molecular formula is C21H30N4O. The van der Waals surface area contributed by atoms with Crippen LogP contribution in [0, 0.1) is 0 Å². The first-order valence-corrected chi connectivity index (χ1v) is 9.98. The van der Waals surface area contributed by atoms with Crippen LogP contribution in [0.25, 0.3) is 5.69 Å². The predicted octanol–water partition coefficient (Wildman–Crippen LogP) is 3.00. The van der Waals surface area contributed by atoms with Crippen LogP contribution >= 0.6 is 0 Å². The number of aromatic nitrogens is 2. The zero-order valence-electron chi connectivity index (χ0n) is 15.6. The molecule has 0 atom stereocenters. The Morgan fingerprint density at radius 2 is 1.81 bits per heavy atom. The van der Waals surface area contributed by atoms with Gasteiger partial charge in [-0.2, -0.15) is 5.10 Å². The zero-order chi connectivity index (χ0) is 17.7. The lowest BCUT2D eigenvalue weighted by atomic mass is 9.86. The lowest BCUT2D eigenvalue weighted by Crippen LogP contribution is -2.59. The number of hydrogen-bond donors (Lipinski definition) is 1. The molecule has 5 nitrogen and oxygen atoms in total. The molecule has 2 aromatic rings. The summed E-state index contributed by atoms with van der Waals surface area (Å²) in [5, 5.41) is 8.23. The van der Waals surface area contributed by atoms with Gasteiger partial charge in [0.25, 0.3) is 0 Å². The second-order valence-corrected chi connectivity index (χ2v) is 7.62. The fourth-order valence-electron chi connectivity index (χ4n) is 4.34. The van der Waals surface area contributed by atoms with E-state index in [4.69, 9.17) is 4.74 Å². The van der Waals surface area contributed by atoms with E-state index in [2.05, 4.69) is 33.6 Å². The second kappa shape index (κ2) is 8.33. The fraction of sp³-hybridized carbons (Fsp3) is 0.571. The first-order chi connectivity index (χ1) is 12.9. The topological polar surface area (TPSA) is 42.3 Å². The number of nitrogens with one attached hydrogen (secondary N) is 1. The summed E-state index contributed by atoms with van der Waals surface area (Å²) in [5.41, 5.74) is 2.61. The van der Waals surface area contributed by atoms with E-state index < -0.39 is 0 Å². The molecule has 0 bridgehead atoms. The molecule has 26 heavy (non-hydrogen) atoms. The molecule has 1 aromatic carbocycles. The first kappa shape index (κ1) is 17.7. The molecular weight excluding hydrogens is 324 g/mol. The summed E-state index contributed by atoms with van der Waals surface area (Å²) < 4.78 is 7.61. The molecule has 3 heterocycles. The van der Waals surface area contributed by atoms with Gasteiger partial charge in [0.15, 0.2) is 0 Å². The third-order valence-electron chi connectivity index (χ3n) is 5.89. The van der Waals surface area contributed by atoms with Crippen LogP contribution < -0.4 is 5.32 Å². The highest BCUT2D eigenvalue weighted by molar-refractivity contribution is 5.30. The highest BCUT2D eigenvalue weighted by Gasteiger charge is 2.38. The number of ether oxygens (including phenoxy) is 1. The van der Waals surface area contributed by atoms with Crippen molar-refractivity contribution in [3.05, 3.63) is 48.3 Å². The van der Waals surface area contributed by atoms with E-state index in [1.165, 1.54) is 37.9 Å². The Bertz CT molecular complexity index is 672. The fourth-order valence-corrected chi connectivity index (χ4v) is 4.34. The van der Waals surface area contributed by atoms with E-state index in [1.807, 2.05) is 29.1 Å². The van der Waals surface area contributed by atoms with Gasteiger partial charge in [-0.1, -0.05) is 24.6 Å². The Labute approximate surface area is 156 Å². The molecule has 0 amide bonds. The van der Waals surface area contributed by atoms with Crippen LogP contribution in [0.1, 0.15) is 37.7 Å². The van der Waals surface area contributed by atoms with Gasteiger partial charge in [0.05, 0.1) is 11.9 Å². The molecule has 2 aliphatic rings. The van der Waals surface area contributed by atoms with Crippen LogP contribution in [0.4, 0.5) is 0 Å². The lowest BCUT2D eigenvalue weighted by molar-refractivity contribution is -0.0358. The molecule has 0 aliphatic carbocycles. The van der Waals surface area contributed by atoms with Gasteiger partial charge in [0.2, 0.25) is 0 Å². The van der Waals surface area contributed by atoms with Crippen LogP contribution in [0.3, 0.4) is 0 Å². The summed E-state index contributed by atoms with van der Waals surface area (Å²) in [7, 11) is 0. The van der Waals surface area contributed by atoms with Crippen molar-refractivity contribution in [2.75, 3.05) is 32.8 Å². The average Bonchev–Trinajstić information content (AvgIpc) is 3.19. The van der Waals surface area contributed by atoms with Gasteiger partial charge in [-0.15, -0.1) is 0 Å². The van der Waals surface area contributed by atoms with E-state index in [-0.39, 0.29) is 5.54 Å². The molecule has 1 N–H and O–H groups in total. The number of nitrogens with zero attached hydrogens (tertiary/aromatic N) is 3. The summed E-state index contributed by atoms with van der Waals surface area (Å²) in [6, 6.07) is 10.3. The Morgan fingerprint density at radius 1 is 1.04 bits per heavy atom. The predicted molar refractivity (Wildman–Crippen MR) is 103 cm³/mol. The van der Waals surface area contributed by atoms with Crippen molar-refractivity contribution in [1.82, 2.24) is 20.0 Å². The number of piperidine rings is 1. The summed E-state index contributed by atoms with van der Waals surface area (Å²) >= 11 is 0. The van der Waals surface area contributed by atoms with Gasteiger partial charge < -0.3 is 10.1 Å². The third kappa shape index (κ3) is 4.00. The van der Waals surface area contributed by atoms with Gasteiger partial charge in [-0.3, -0.25) is 4.90 Å². The molecule has 0 radical (unpaired) electrons. The van der Waals surface area contributed by atoms with E-state index in [0.717, 1.165) is 44.8 Å². The molecule has 140 valence electrons. The maximum Gasteiger partial charge on any atom is 0.0645 e. The van der Waals surface area contributed by atoms with Crippen molar-refractivity contribution in [3.8, 4) is 5.69 Å². The number of likely N-dealkylation sites (tertiary alicyclic amines) is 1. The average molecular weight is 354 g/mol. The van der Waals surface area contributed by atoms with Crippen molar-refractivity contribution in [2.24, 2.45) is 0 Å². The van der Waals surface area contributed by atoms with Crippen LogP contribution in [0.2, 0.25) is 0 Å². The molecule has 5 heteroatoms. The minimum atomic E-state index is 0.272. The smallest absolute Gasteiger partial charge is 0.0645 e. The minimum Gasteiger partial charge on any atom is -0.381 e. The van der Waals surface area contributed by atoms with E-state index in [9.17, 15) is 0 Å². The summed E-state index contributed by atoms with van der Waals surface area (Å²) in [5.74, 6) is 0. The monoisotopic (exact) mass is 354 g/mol. The van der Waals surface area contributed by atoms with Crippen molar-refractivity contribution in [2.45, 2.75) is 44.2 Å². The summed E-state index contributed by atoms with van der Waals surface area (Å²) in [4.78, 5) is 2.74. The van der Waals surface area contributed by atoms with Gasteiger partial charge >= 0.3 is 0 Å². The molecule has 0 saturated carbocycles. The van der Waals surface area contributed by atoms with Crippen LogP contribution in [0.15, 0.2) is 42.7 Å². The molecule has 0 unspecified atom stereocenters. The van der Waals surface area contributed by atoms with E-state index in [0.29, 0.717) is 0 Å². The third-order valence-corrected chi connectivity index (χ3v) is 5.89. The lowest BCUT2D eigenvalue weighted by Gasteiger charge is -2.48. The Morgan fingerprint density at radius 3 is 2.58 bits per heavy atom. The van der Waals surface area contributed by atoms with Crippen LogP contribution in [-0.4, -0.2) is 53.1 Å². The highest BCUT2D eigenvalue weighted by atomic mass is 16.5. The van der Waals surface area contributed by atoms with Gasteiger partial charge in [-0.25, -0.2) is 4.68 Å². The normalized spacial score (nSPS) is 20.9. The highest BCUT2D eigenvalue weighted by Crippen LogP contribution is 2.30. The summed E-state index contributed by atoms with van der Waals surface area (Å²) in [6.45, 7) is 6.17. The van der Waals surface area contributed by atoms with Gasteiger partial charge in [0, 0.05) is 43.6 Å². The largest absolute Gasteiger partial charge is 0.381 e. The second-order valence-electron chi connectivity index (χ2n) is 7.62. The number of hydrogen-bond acceptors (Lipinski definition) is 4. The Hall–Kier alpha value is -1.69. The maximum absolute atomic E-state index is 5.66. The van der Waals surface area contributed by atoms with Crippen molar-refractivity contribution < 1.29 is 4.74 Å².